The molecule has 0 heterocycles. The Morgan fingerprint density at radius 1 is 1.25 bits per heavy atom. The van der Waals surface area contributed by atoms with Crippen molar-refractivity contribution in [2.75, 3.05) is 0 Å². The van der Waals surface area contributed by atoms with Crippen LogP contribution in [-0.4, -0.2) is 37.6 Å². The van der Waals surface area contributed by atoms with E-state index in [-0.39, 0.29) is 32.0 Å². The van der Waals surface area contributed by atoms with E-state index >= 15 is 0 Å². The van der Waals surface area contributed by atoms with E-state index in [1.165, 1.54) is 6.42 Å². The molecule has 0 amide bonds. The fraction of sp³-hybridized carbons (Fsp3) is 1.00. The van der Waals surface area contributed by atoms with Crippen molar-refractivity contribution in [3.63, 3.8) is 0 Å². The van der Waals surface area contributed by atoms with Crippen LogP contribution in [0.5, 0.6) is 0 Å². The summed E-state index contributed by atoms with van der Waals surface area (Å²) in [5.41, 5.74) is 0. The summed E-state index contributed by atoms with van der Waals surface area (Å²) in [7, 11) is -3.72. The Kier molecular flexibility index (Phi) is 5.67. The summed E-state index contributed by atoms with van der Waals surface area (Å²) in [5, 5.41) is 4.72. The predicted molar refractivity (Wildman–Crippen MR) is 49.0 cm³/mol. The fourth-order valence-corrected chi connectivity index (χ4v) is 1.92. The zero-order chi connectivity index (χ0) is 8.32. The second-order valence-corrected chi connectivity index (χ2v) is 4.03. The smallest absolute Gasteiger partial charge is 1.00 e. The van der Waals surface area contributed by atoms with Gasteiger partial charge in [0.05, 0.1) is 6.10 Å². The van der Waals surface area contributed by atoms with Gasteiger partial charge >= 0.3 is 33.4 Å². The molecule has 0 atom stereocenters. The van der Waals surface area contributed by atoms with Crippen LogP contribution in [0.4, 0.5) is 0 Å². The third-order valence-corrected chi connectivity index (χ3v) is 2.36. The van der Waals surface area contributed by atoms with E-state index in [9.17, 15) is 8.42 Å². The fourth-order valence-electron chi connectivity index (χ4n) is 1.35. The summed E-state index contributed by atoms with van der Waals surface area (Å²) in [6.07, 6.45) is 4.72. The molecule has 0 aliphatic heterocycles. The van der Waals surface area contributed by atoms with Gasteiger partial charge in [0.2, 0.25) is 0 Å². The largest absolute Gasteiger partial charge is 2.00 e. The average molecular weight is 206 g/mol. The number of hydrogen-bond donors (Lipinski definition) is 1. The van der Waals surface area contributed by atoms with Crippen molar-refractivity contribution in [3.8, 4) is 0 Å². The summed E-state index contributed by atoms with van der Waals surface area (Å²) in [6, 6.07) is 0. The standard InChI is InChI=1S/C6H13NO3S.Mg.2H/c7-11(8,9)10-6-4-2-1-3-5-6;;;/h6H,1-5H2,(H2,7,8,9);;;/q;+2;2*-1. The third kappa shape index (κ3) is 5.31. The molecule has 0 aromatic rings. The SMILES string of the molecule is NS(=O)(=O)OC1CCCCC1.[H-].[H-].[Mg+2]. The van der Waals surface area contributed by atoms with Crippen LogP contribution in [0.1, 0.15) is 35.0 Å². The van der Waals surface area contributed by atoms with E-state index in [0.717, 1.165) is 25.7 Å². The second-order valence-electron chi connectivity index (χ2n) is 2.85. The van der Waals surface area contributed by atoms with Crippen LogP contribution in [0.3, 0.4) is 0 Å². The number of hydrogen-bond acceptors (Lipinski definition) is 3. The third-order valence-electron chi connectivity index (χ3n) is 1.82. The topological polar surface area (TPSA) is 69.4 Å². The zero-order valence-electron chi connectivity index (χ0n) is 9.03. The Bertz CT molecular complexity index is 219. The number of rotatable bonds is 2. The average Bonchev–Trinajstić information content (AvgIpc) is 1.85. The molecule has 0 saturated heterocycles. The van der Waals surface area contributed by atoms with Crippen LogP contribution in [0, 0.1) is 0 Å². The molecule has 1 aliphatic carbocycles. The molecule has 0 radical (unpaired) electrons. The molecule has 0 aromatic carbocycles. The van der Waals surface area contributed by atoms with Crippen LogP contribution in [0.15, 0.2) is 0 Å². The molecule has 0 unspecified atom stereocenters. The Morgan fingerprint density at radius 3 is 2.17 bits per heavy atom. The van der Waals surface area contributed by atoms with E-state index in [0.29, 0.717) is 0 Å². The Morgan fingerprint density at radius 2 is 1.75 bits per heavy atom. The van der Waals surface area contributed by atoms with E-state index in [1.807, 2.05) is 0 Å². The van der Waals surface area contributed by atoms with Gasteiger partial charge in [0.1, 0.15) is 0 Å². The maximum atomic E-state index is 10.5. The molecular weight excluding hydrogens is 190 g/mol. The quantitative estimate of drug-likeness (QED) is 0.663. The van der Waals surface area contributed by atoms with E-state index in [1.54, 1.807) is 0 Å². The Balaban J connectivity index is -0.000000403. The zero-order valence-corrected chi connectivity index (χ0v) is 9.26. The van der Waals surface area contributed by atoms with Crippen LogP contribution in [0.25, 0.3) is 0 Å². The van der Waals surface area contributed by atoms with E-state index < -0.39 is 10.3 Å². The molecule has 1 aliphatic rings. The summed E-state index contributed by atoms with van der Waals surface area (Å²) < 4.78 is 25.5. The van der Waals surface area contributed by atoms with Crippen molar-refractivity contribution in [2.24, 2.45) is 5.14 Å². The minimum absolute atomic E-state index is 0. The molecule has 12 heavy (non-hydrogen) atoms. The van der Waals surface area contributed by atoms with Gasteiger partial charge in [-0.1, -0.05) is 19.3 Å². The molecule has 70 valence electrons. The first kappa shape index (κ1) is 12.6. The summed E-state index contributed by atoms with van der Waals surface area (Å²) >= 11 is 0. The van der Waals surface area contributed by atoms with Gasteiger partial charge in [-0.05, 0) is 12.8 Å². The molecule has 0 bridgehead atoms. The molecule has 0 aromatic heterocycles. The van der Waals surface area contributed by atoms with Crippen LogP contribution >= 0.6 is 0 Å². The maximum absolute atomic E-state index is 10.5. The van der Waals surface area contributed by atoms with Gasteiger partial charge in [0.25, 0.3) is 0 Å². The Hall–Kier alpha value is 0.636. The first-order chi connectivity index (χ1) is 5.08. The van der Waals surface area contributed by atoms with Gasteiger partial charge < -0.3 is 2.85 Å². The Labute approximate surface area is 92.2 Å². The van der Waals surface area contributed by atoms with Gasteiger partial charge in [0.15, 0.2) is 0 Å². The van der Waals surface area contributed by atoms with Gasteiger partial charge in [0, 0.05) is 0 Å². The molecule has 1 fully saturated rings. The first-order valence-electron chi connectivity index (χ1n) is 3.79. The molecule has 0 spiro atoms. The van der Waals surface area contributed by atoms with Crippen molar-refractivity contribution >= 4 is 33.4 Å². The summed E-state index contributed by atoms with van der Waals surface area (Å²) in [5.74, 6) is 0. The summed E-state index contributed by atoms with van der Waals surface area (Å²) in [4.78, 5) is 0. The normalized spacial score (nSPS) is 20.1. The van der Waals surface area contributed by atoms with Crippen molar-refractivity contribution < 1.29 is 15.5 Å². The monoisotopic (exact) mass is 205 g/mol. The van der Waals surface area contributed by atoms with Crippen molar-refractivity contribution in [3.05, 3.63) is 0 Å². The van der Waals surface area contributed by atoms with Gasteiger partial charge in [-0.15, -0.1) is 0 Å². The van der Waals surface area contributed by atoms with E-state index in [2.05, 4.69) is 4.18 Å². The van der Waals surface area contributed by atoms with Gasteiger partial charge in [-0.3, -0.25) is 4.18 Å². The van der Waals surface area contributed by atoms with Crippen molar-refractivity contribution in [1.29, 1.82) is 0 Å². The maximum Gasteiger partial charge on any atom is 2.00 e. The van der Waals surface area contributed by atoms with Gasteiger partial charge in [-0.25, -0.2) is 5.14 Å². The molecule has 1 saturated carbocycles. The second kappa shape index (κ2) is 5.38. The minimum Gasteiger partial charge on any atom is -1.00 e. The predicted octanol–water partition coefficient (Wildman–Crippen LogP) is 0.383. The van der Waals surface area contributed by atoms with Crippen LogP contribution in [-0.2, 0) is 14.5 Å². The van der Waals surface area contributed by atoms with Crippen molar-refractivity contribution in [1.82, 2.24) is 0 Å². The van der Waals surface area contributed by atoms with Crippen LogP contribution < -0.4 is 5.14 Å². The first-order valence-corrected chi connectivity index (χ1v) is 5.26. The minimum atomic E-state index is -3.72. The molecule has 1 rings (SSSR count). The van der Waals surface area contributed by atoms with E-state index in [4.69, 9.17) is 5.14 Å². The molecule has 6 heteroatoms. The molecule has 4 nitrogen and oxygen atoms in total. The van der Waals surface area contributed by atoms with Crippen LogP contribution in [0.2, 0.25) is 0 Å². The number of nitrogens with two attached hydrogens (primary N) is 1. The van der Waals surface area contributed by atoms with Crippen molar-refractivity contribution in [2.45, 2.75) is 38.2 Å². The molecule has 2 N–H and O–H groups in total. The molecular formula is C6H15MgNO3S. The summed E-state index contributed by atoms with van der Waals surface area (Å²) in [6.45, 7) is 0. The van der Waals surface area contributed by atoms with Gasteiger partial charge in [-0.2, -0.15) is 8.42 Å².